The fourth-order valence-corrected chi connectivity index (χ4v) is 1.75. The average molecular weight is 258 g/mol. The third kappa shape index (κ3) is 5.80. The van der Waals surface area contributed by atoms with Crippen LogP contribution in [0.1, 0.15) is 26.7 Å². The largest absolute Gasteiger partial charge is 0.381 e. The Kier molecular flexibility index (Phi) is 7.23. The van der Waals surface area contributed by atoms with Gasteiger partial charge in [0.05, 0.1) is 13.2 Å². The lowest BCUT2D eigenvalue weighted by Gasteiger charge is -2.15. The summed E-state index contributed by atoms with van der Waals surface area (Å²) in [4.78, 5) is 11.6. The van der Waals surface area contributed by atoms with Crippen LogP contribution in [0, 0.1) is 11.8 Å². The van der Waals surface area contributed by atoms with Crippen LogP contribution in [-0.4, -0.2) is 44.9 Å². The lowest BCUT2D eigenvalue weighted by atomic mass is 10.0. The predicted molar refractivity (Wildman–Crippen MR) is 70.2 cm³/mol. The number of carbonyl (C=O) groups is 1. The van der Waals surface area contributed by atoms with Gasteiger partial charge in [-0.15, -0.1) is 0 Å². The molecule has 5 heteroatoms. The van der Waals surface area contributed by atoms with Gasteiger partial charge in [0, 0.05) is 37.6 Å². The number of nitrogens with one attached hydrogen (secondary N) is 1. The molecule has 1 amide bonds. The molecule has 1 rings (SSSR count). The minimum absolute atomic E-state index is 0.0224. The number of nitrogens with two attached hydrogens (primary N) is 1. The van der Waals surface area contributed by atoms with Crippen LogP contribution in [0.15, 0.2) is 0 Å². The Morgan fingerprint density at radius 1 is 1.56 bits per heavy atom. The van der Waals surface area contributed by atoms with Gasteiger partial charge in [0.1, 0.15) is 0 Å². The molecule has 1 heterocycles. The van der Waals surface area contributed by atoms with E-state index in [0.717, 1.165) is 32.7 Å². The lowest BCUT2D eigenvalue weighted by Crippen LogP contribution is -2.39. The molecular weight excluding hydrogens is 232 g/mol. The van der Waals surface area contributed by atoms with Crippen molar-refractivity contribution in [3.8, 4) is 0 Å². The number of hydrogen-bond acceptors (Lipinski definition) is 4. The van der Waals surface area contributed by atoms with E-state index in [4.69, 9.17) is 15.2 Å². The van der Waals surface area contributed by atoms with Crippen molar-refractivity contribution in [3.63, 3.8) is 0 Å². The molecule has 1 saturated heterocycles. The van der Waals surface area contributed by atoms with Crippen LogP contribution >= 0.6 is 0 Å². The summed E-state index contributed by atoms with van der Waals surface area (Å²) in [6.45, 7) is 7.47. The summed E-state index contributed by atoms with van der Waals surface area (Å²) in [7, 11) is 0. The first-order valence-corrected chi connectivity index (χ1v) is 6.80. The molecule has 106 valence electrons. The van der Waals surface area contributed by atoms with Crippen LogP contribution in [0.4, 0.5) is 0 Å². The normalized spacial score (nSPS) is 22.7. The second-order valence-corrected chi connectivity index (χ2v) is 5.10. The molecule has 0 bridgehead atoms. The Bertz CT molecular complexity index is 240. The molecular formula is C13H26N2O3. The Hall–Kier alpha value is -0.650. The van der Waals surface area contributed by atoms with Crippen LogP contribution in [0.2, 0.25) is 0 Å². The van der Waals surface area contributed by atoms with Gasteiger partial charge >= 0.3 is 0 Å². The molecule has 5 nitrogen and oxygen atoms in total. The van der Waals surface area contributed by atoms with Gasteiger partial charge in [-0.2, -0.15) is 0 Å². The van der Waals surface area contributed by atoms with Crippen LogP contribution in [-0.2, 0) is 14.3 Å². The highest BCUT2D eigenvalue weighted by molar-refractivity contribution is 5.78. The van der Waals surface area contributed by atoms with Crippen LogP contribution < -0.4 is 11.1 Å². The van der Waals surface area contributed by atoms with Crippen LogP contribution in [0.3, 0.4) is 0 Å². The Labute approximate surface area is 109 Å². The van der Waals surface area contributed by atoms with Crippen molar-refractivity contribution in [1.29, 1.82) is 0 Å². The van der Waals surface area contributed by atoms with Gasteiger partial charge in [-0.25, -0.2) is 0 Å². The zero-order valence-corrected chi connectivity index (χ0v) is 11.5. The predicted octanol–water partition coefficient (Wildman–Crippen LogP) is 0.529. The van der Waals surface area contributed by atoms with Crippen molar-refractivity contribution in [2.45, 2.75) is 32.7 Å². The maximum Gasteiger partial charge on any atom is 0.224 e. The van der Waals surface area contributed by atoms with Gasteiger partial charge < -0.3 is 20.5 Å². The van der Waals surface area contributed by atoms with E-state index in [2.05, 4.69) is 5.32 Å². The molecule has 0 aliphatic carbocycles. The zero-order valence-electron chi connectivity index (χ0n) is 11.5. The Morgan fingerprint density at radius 2 is 2.33 bits per heavy atom. The third-order valence-electron chi connectivity index (χ3n) is 3.34. The summed E-state index contributed by atoms with van der Waals surface area (Å²) in [6, 6.07) is -0.108. The minimum atomic E-state index is -0.137. The monoisotopic (exact) mass is 258 g/mol. The molecule has 0 radical (unpaired) electrons. The second kappa shape index (κ2) is 8.45. The van der Waals surface area contributed by atoms with Gasteiger partial charge in [0.25, 0.3) is 0 Å². The lowest BCUT2D eigenvalue weighted by molar-refractivity contribution is -0.124. The minimum Gasteiger partial charge on any atom is -0.381 e. The number of ether oxygens (including phenoxy) is 2. The van der Waals surface area contributed by atoms with Crippen LogP contribution in [0.5, 0.6) is 0 Å². The smallest absolute Gasteiger partial charge is 0.224 e. The number of hydrogen-bond donors (Lipinski definition) is 2. The summed E-state index contributed by atoms with van der Waals surface area (Å²) in [5.74, 6) is 0.438. The van der Waals surface area contributed by atoms with Gasteiger partial charge in [-0.1, -0.05) is 6.92 Å². The Balaban J connectivity index is 1.93. The van der Waals surface area contributed by atoms with Crippen molar-refractivity contribution in [2.24, 2.45) is 17.6 Å². The maximum atomic E-state index is 11.6. The number of rotatable bonds is 8. The van der Waals surface area contributed by atoms with E-state index in [-0.39, 0.29) is 17.9 Å². The quantitative estimate of drug-likeness (QED) is 0.623. The van der Waals surface area contributed by atoms with E-state index in [1.807, 2.05) is 13.8 Å². The molecule has 3 unspecified atom stereocenters. The fraction of sp³-hybridized carbons (Fsp3) is 0.923. The van der Waals surface area contributed by atoms with E-state index in [1.54, 1.807) is 0 Å². The zero-order chi connectivity index (χ0) is 13.4. The van der Waals surface area contributed by atoms with Crippen molar-refractivity contribution in [1.82, 2.24) is 5.32 Å². The highest BCUT2D eigenvalue weighted by atomic mass is 16.5. The standard InChI is InChI=1S/C13H26N2O3/c1-10(11(2)14)13(16)15-5-3-6-17-8-12-4-7-18-9-12/h10-12H,3-9,14H2,1-2H3,(H,15,16). The highest BCUT2D eigenvalue weighted by Crippen LogP contribution is 2.12. The van der Waals surface area contributed by atoms with Crippen molar-refractivity contribution < 1.29 is 14.3 Å². The highest BCUT2D eigenvalue weighted by Gasteiger charge is 2.16. The topological polar surface area (TPSA) is 73.6 Å². The average Bonchev–Trinajstić information content (AvgIpc) is 2.85. The summed E-state index contributed by atoms with van der Waals surface area (Å²) >= 11 is 0. The van der Waals surface area contributed by atoms with Crippen molar-refractivity contribution in [3.05, 3.63) is 0 Å². The van der Waals surface area contributed by atoms with E-state index in [9.17, 15) is 4.79 Å². The van der Waals surface area contributed by atoms with Gasteiger partial charge in [-0.05, 0) is 19.8 Å². The van der Waals surface area contributed by atoms with Crippen molar-refractivity contribution in [2.75, 3.05) is 33.0 Å². The molecule has 0 aromatic carbocycles. The maximum absolute atomic E-state index is 11.6. The molecule has 0 saturated carbocycles. The molecule has 1 aliphatic heterocycles. The first kappa shape index (κ1) is 15.4. The molecule has 18 heavy (non-hydrogen) atoms. The molecule has 0 aromatic heterocycles. The third-order valence-corrected chi connectivity index (χ3v) is 3.34. The summed E-state index contributed by atoms with van der Waals surface area (Å²) in [6.07, 6.45) is 1.94. The fourth-order valence-electron chi connectivity index (χ4n) is 1.75. The van der Waals surface area contributed by atoms with Gasteiger partial charge in [0.2, 0.25) is 5.91 Å². The van der Waals surface area contributed by atoms with Crippen LogP contribution in [0.25, 0.3) is 0 Å². The van der Waals surface area contributed by atoms with E-state index < -0.39 is 0 Å². The molecule has 1 fully saturated rings. The van der Waals surface area contributed by atoms with Gasteiger partial charge in [-0.3, -0.25) is 4.79 Å². The second-order valence-electron chi connectivity index (χ2n) is 5.10. The SMILES string of the molecule is CC(N)C(C)C(=O)NCCCOCC1CCOC1. The number of carbonyl (C=O) groups excluding carboxylic acids is 1. The van der Waals surface area contributed by atoms with Gasteiger partial charge in [0.15, 0.2) is 0 Å². The molecule has 0 spiro atoms. The first-order chi connectivity index (χ1) is 8.61. The van der Waals surface area contributed by atoms with Crippen molar-refractivity contribution >= 4 is 5.91 Å². The van der Waals surface area contributed by atoms with E-state index in [0.29, 0.717) is 19.1 Å². The molecule has 3 N–H and O–H groups in total. The first-order valence-electron chi connectivity index (χ1n) is 6.80. The summed E-state index contributed by atoms with van der Waals surface area (Å²) < 4.78 is 10.8. The molecule has 3 atom stereocenters. The van der Waals surface area contributed by atoms with E-state index >= 15 is 0 Å². The Morgan fingerprint density at radius 3 is 2.94 bits per heavy atom. The summed E-state index contributed by atoms with van der Waals surface area (Å²) in [5.41, 5.74) is 5.66. The number of amides is 1. The summed E-state index contributed by atoms with van der Waals surface area (Å²) in [5, 5.41) is 2.87. The molecule has 0 aromatic rings. The molecule has 1 aliphatic rings. The van der Waals surface area contributed by atoms with E-state index in [1.165, 1.54) is 0 Å².